The van der Waals surface area contributed by atoms with Gasteiger partial charge in [0.25, 0.3) is 0 Å². The summed E-state index contributed by atoms with van der Waals surface area (Å²) in [6, 6.07) is 8.03. The molecule has 0 saturated heterocycles. The van der Waals surface area contributed by atoms with Crippen molar-refractivity contribution in [3.05, 3.63) is 29.8 Å². The number of ether oxygens (including phenoxy) is 1. The molecule has 0 atom stereocenters. The SMILES string of the molecule is CCCNCc1ccc(SCCOCC(F)(F)F)cc1. The summed E-state index contributed by atoms with van der Waals surface area (Å²) in [5, 5.41) is 3.31. The molecular weight excluding hydrogens is 287 g/mol. The Hall–Kier alpha value is -0.720. The van der Waals surface area contributed by atoms with Crippen LogP contribution in [0.4, 0.5) is 13.2 Å². The number of thioether (sulfide) groups is 1. The predicted octanol–water partition coefficient (Wildman–Crippen LogP) is 3.86. The Kier molecular flexibility index (Phi) is 8.02. The van der Waals surface area contributed by atoms with E-state index in [0.717, 1.165) is 24.4 Å². The highest BCUT2D eigenvalue weighted by molar-refractivity contribution is 7.99. The Morgan fingerprint density at radius 3 is 2.50 bits per heavy atom. The zero-order valence-corrected chi connectivity index (χ0v) is 12.3. The highest BCUT2D eigenvalue weighted by atomic mass is 32.2. The molecule has 0 amide bonds. The highest BCUT2D eigenvalue weighted by Crippen LogP contribution is 2.19. The Morgan fingerprint density at radius 2 is 1.90 bits per heavy atom. The van der Waals surface area contributed by atoms with E-state index in [1.807, 2.05) is 24.3 Å². The molecule has 1 aromatic rings. The lowest BCUT2D eigenvalue weighted by Crippen LogP contribution is -2.17. The van der Waals surface area contributed by atoms with Crippen LogP contribution in [0.5, 0.6) is 0 Å². The molecule has 0 saturated carbocycles. The van der Waals surface area contributed by atoms with Crippen LogP contribution < -0.4 is 5.32 Å². The van der Waals surface area contributed by atoms with Crippen LogP contribution in [0.3, 0.4) is 0 Å². The van der Waals surface area contributed by atoms with E-state index in [-0.39, 0.29) is 6.61 Å². The van der Waals surface area contributed by atoms with Gasteiger partial charge in [-0.25, -0.2) is 0 Å². The van der Waals surface area contributed by atoms with E-state index in [1.54, 1.807) is 0 Å². The maximum Gasteiger partial charge on any atom is 0.411 e. The molecule has 2 nitrogen and oxygen atoms in total. The van der Waals surface area contributed by atoms with Gasteiger partial charge in [0.15, 0.2) is 0 Å². The smallest absolute Gasteiger partial charge is 0.371 e. The monoisotopic (exact) mass is 307 g/mol. The molecule has 0 heterocycles. The Labute approximate surface area is 122 Å². The summed E-state index contributed by atoms with van der Waals surface area (Å²) >= 11 is 1.50. The molecule has 0 fully saturated rings. The second-order valence-electron chi connectivity index (χ2n) is 4.34. The second-order valence-corrected chi connectivity index (χ2v) is 5.51. The molecule has 1 rings (SSSR count). The second kappa shape index (κ2) is 9.26. The first-order valence-corrected chi connectivity index (χ1v) is 7.57. The molecule has 0 unspecified atom stereocenters. The minimum atomic E-state index is -4.24. The molecule has 0 aliphatic rings. The normalized spacial score (nSPS) is 11.8. The molecule has 0 spiro atoms. The molecular formula is C14H20F3NOS. The molecule has 1 N–H and O–H groups in total. The molecule has 0 aromatic heterocycles. The average molecular weight is 307 g/mol. The number of hydrogen-bond acceptors (Lipinski definition) is 3. The van der Waals surface area contributed by atoms with Gasteiger partial charge in [0, 0.05) is 17.2 Å². The Balaban J connectivity index is 2.18. The number of hydrogen-bond donors (Lipinski definition) is 1. The van der Waals surface area contributed by atoms with Crippen LogP contribution in [-0.4, -0.2) is 31.7 Å². The van der Waals surface area contributed by atoms with Crippen LogP contribution in [-0.2, 0) is 11.3 Å². The van der Waals surface area contributed by atoms with Crippen molar-refractivity contribution in [2.45, 2.75) is 31.0 Å². The summed E-state index contributed by atoms with van der Waals surface area (Å²) < 4.78 is 40.1. The topological polar surface area (TPSA) is 21.3 Å². The van der Waals surface area contributed by atoms with Crippen molar-refractivity contribution in [1.29, 1.82) is 0 Å². The number of halogens is 3. The van der Waals surface area contributed by atoms with Gasteiger partial charge in [-0.3, -0.25) is 0 Å². The third-order valence-electron chi connectivity index (χ3n) is 2.44. The van der Waals surface area contributed by atoms with Crippen molar-refractivity contribution in [1.82, 2.24) is 5.32 Å². The Morgan fingerprint density at radius 1 is 1.20 bits per heavy atom. The first-order chi connectivity index (χ1) is 9.51. The minimum Gasteiger partial charge on any atom is -0.371 e. The standard InChI is InChI=1S/C14H20F3NOS/c1-2-7-18-10-12-3-5-13(6-4-12)20-9-8-19-11-14(15,16)17/h3-6,18H,2,7-11H2,1H3. The first kappa shape index (κ1) is 17.3. The van der Waals surface area contributed by atoms with Crippen LogP contribution in [0.1, 0.15) is 18.9 Å². The van der Waals surface area contributed by atoms with Gasteiger partial charge in [0.1, 0.15) is 6.61 Å². The predicted molar refractivity (Wildman–Crippen MR) is 76.0 cm³/mol. The molecule has 1 aromatic carbocycles. The average Bonchev–Trinajstić information content (AvgIpc) is 2.39. The zero-order chi connectivity index (χ0) is 14.8. The summed E-state index contributed by atoms with van der Waals surface area (Å²) in [6.45, 7) is 2.88. The van der Waals surface area contributed by atoms with E-state index >= 15 is 0 Å². The molecule has 0 radical (unpaired) electrons. The van der Waals surface area contributed by atoms with Gasteiger partial charge < -0.3 is 10.1 Å². The Bertz CT molecular complexity index is 368. The van der Waals surface area contributed by atoms with Gasteiger partial charge in [-0.2, -0.15) is 13.2 Å². The van der Waals surface area contributed by atoms with Crippen LogP contribution in [0.15, 0.2) is 29.2 Å². The van der Waals surface area contributed by atoms with Gasteiger partial charge in [-0.15, -0.1) is 11.8 Å². The maximum absolute atomic E-state index is 11.8. The zero-order valence-electron chi connectivity index (χ0n) is 11.5. The molecule has 20 heavy (non-hydrogen) atoms. The summed E-state index contributed by atoms with van der Waals surface area (Å²) in [6.07, 6.45) is -3.14. The van der Waals surface area contributed by atoms with Crippen molar-refractivity contribution < 1.29 is 17.9 Å². The number of rotatable bonds is 9. The lowest BCUT2D eigenvalue weighted by molar-refractivity contribution is -0.172. The van der Waals surface area contributed by atoms with Crippen LogP contribution >= 0.6 is 11.8 Å². The lowest BCUT2D eigenvalue weighted by Gasteiger charge is -2.08. The van der Waals surface area contributed by atoms with Crippen LogP contribution in [0.25, 0.3) is 0 Å². The highest BCUT2D eigenvalue weighted by Gasteiger charge is 2.27. The fourth-order valence-electron chi connectivity index (χ4n) is 1.52. The van der Waals surface area contributed by atoms with E-state index in [9.17, 15) is 13.2 Å². The van der Waals surface area contributed by atoms with Gasteiger partial charge in [-0.1, -0.05) is 19.1 Å². The fraction of sp³-hybridized carbons (Fsp3) is 0.571. The van der Waals surface area contributed by atoms with Crippen molar-refractivity contribution >= 4 is 11.8 Å². The molecule has 0 bridgehead atoms. The van der Waals surface area contributed by atoms with E-state index < -0.39 is 12.8 Å². The molecule has 0 aliphatic heterocycles. The third kappa shape index (κ3) is 8.45. The van der Waals surface area contributed by atoms with Gasteiger partial charge in [0.2, 0.25) is 0 Å². The van der Waals surface area contributed by atoms with E-state index in [0.29, 0.717) is 5.75 Å². The quantitative estimate of drug-likeness (QED) is 0.553. The van der Waals surface area contributed by atoms with Crippen molar-refractivity contribution in [2.75, 3.05) is 25.5 Å². The van der Waals surface area contributed by atoms with Gasteiger partial charge in [-0.05, 0) is 30.7 Å². The van der Waals surface area contributed by atoms with Crippen molar-refractivity contribution in [2.24, 2.45) is 0 Å². The summed E-state index contributed by atoms with van der Waals surface area (Å²) in [5.41, 5.74) is 1.20. The fourth-order valence-corrected chi connectivity index (χ4v) is 2.28. The van der Waals surface area contributed by atoms with Gasteiger partial charge in [0.05, 0.1) is 6.61 Å². The summed E-state index contributed by atoms with van der Waals surface area (Å²) in [4.78, 5) is 1.04. The largest absolute Gasteiger partial charge is 0.411 e. The summed E-state index contributed by atoms with van der Waals surface area (Å²) in [7, 11) is 0. The molecule has 6 heteroatoms. The van der Waals surface area contributed by atoms with Crippen molar-refractivity contribution in [3.8, 4) is 0 Å². The van der Waals surface area contributed by atoms with Gasteiger partial charge >= 0.3 is 6.18 Å². The lowest BCUT2D eigenvalue weighted by atomic mass is 10.2. The van der Waals surface area contributed by atoms with E-state index in [2.05, 4.69) is 17.0 Å². The van der Waals surface area contributed by atoms with E-state index in [4.69, 9.17) is 0 Å². The minimum absolute atomic E-state index is 0.101. The molecule has 114 valence electrons. The number of alkyl halides is 3. The van der Waals surface area contributed by atoms with Crippen LogP contribution in [0, 0.1) is 0 Å². The number of nitrogens with one attached hydrogen (secondary N) is 1. The van der Waals surface area contributed by atoms with E-state index in [1.165, 1.54) is 17.3 Å². The molecule has 0 aliphatic carbocycles. The third-order valence-corrected chi connectivity index (χ3v) is 3.42. The number of benzene rings is 1. The van der Waals surface area contributed by atoms with Crippen LogP contribution in [0.2, 0.25) is 0 Å². The first-order valence-electron chi connectivity index (χ1n) is 6.58. The maximum atomic E-state index is 11.8. The van der Waals surface area contributed by atoms with Crippen molar-refractivity contribution in [3.63, 3.8) is 0 Å². The summed E-state index contributed by atoms with van der Waals surface area (Å²) in [5.74, 6) is 0.517.